The number of hydrogen-bond acceptors (Lipinski definition) is 2. The van der Waals surface area contributed by atoms with Gasteiger partial charge in [-0.25, -0.2) is 4.98 Å². The molecule has 6 aromatic rings. The molecule has 0 bridgehead atoms. The third-order valence-corrected chi connectivity index (χ3v) is 6.20. The summed E-state index contributed by atoms with van der Waals surface area (Å²) in [6.45, 7) is 8.17. The zero-order chi connectivity index (χ0) is 22.4. The van der Waals surface area contributed by atoms with E-state index in [1.807, 2.05) is 48.7 Å². The van der Waals surface area contributed by atoms with Gasteiger partial charge in [0, 0.05) is 22.7 Å². The summed E-state index contributed by atoms with van der Waals surface area (Å²) in [5.74, 6) is 0. The molecule has 0 aliphatic carbocycles. The SMILES string of the molecule is C=Cc1c(C=C)n2c3ccccc3nc2c2cc(-c3ccc(-c4ccccn4)cc3)ccc12. The molecule has 0 N–H and O–H groups in total. The van der Waals surface area contributed by atoms with E-state index < -0.39 is 0 Å². The van der Waals surface area contributed by atoms with Crippen molar-refractivity contribution >= 4 is 39.6 Å². The molecule has 0 aliphatic heterocycles. The van der Waals surface area contributed by atoms with E-state index in [1.165, 1.54) is 0 Å². The fraction of sp³-hybridized carbons (Fsp3) is 0. The molecule has 0 fully saturated rings. The fourth-order valence-corrected chi connectivity index (χ4v) is 4.64. The number of nitrogens with zero attached hydrogens (tertiary/aromatic N) is 3. The van der Waals surface area contributed by atoms with E-state index in [2.05, 4.69) is 77.1 Å². The van der Waals surface area contributed by atoms with Gasteiger partial charge in [0.25, 0.3) is 0 Å². The van der Waals surface area contributed by atoms with E-state index in [-0.39, 0.29) is 0 Å². The summed E-state index contributed by atoms with van der Waals surface area (Å²) in [5, 5.41) is 2.22. The summed E-state index contributed by atoms with van der Waals surface area (Å²) in [6, 6.07) is 29.3. The highest BCUT2D eigenvalue weighted by Gasteiger charge is 2.16. The van der Waals surface area contributed by atoms with Crippen LogP contribution in [0.4, 0.5) is 0 Å². The highest BCUT2D eigenvalue weighted by atomic mass is 15.0. The van der Waals surface area contributed by atoms with Crippen molar-refractivity contribution in [1.82, 2.24) is 14.4 Å². The maximum Gasteiger partial charge on any atom is 0.146 e. The van der Waals surface area contributed by atoms with Gasteiger partial charge in [-0.05, 0) is 52.9 Å². The molecule has 3 aromatic carbocycles. The number of benzene rings is 3. The molecule has 156 valence electrons. The lowest BCUT2D eigenvalue weighted by Gasteiger charge is -2.13. The Kier molecular flexibility index (Phi) is 4.41. The Labute approximate surface area is 192 Å². The van der Waals surface area contributed by atoms with E-state index in [0.29, 0.717) is 0 Å². The summed E-state index contributed by atoms with van der Waals surface area (Å²) in [6.07, 6.45) is 5.62. The first kappa shape index (κ1) is 19.2. The van der Waals surface area contributed by atoms with Crippen LogP contribution in [-0.4, -0.2) is 14.4 Å². The monoisotopic (exact) mass is 423 g/mol. The molecule has 0 saturated heterocycles. The van der Waals surface area contributed by atoms with Gasteiger partial charge in [0.15, 0.2) is 0 Å². The average molecular weight is 424 g/mol. The molecule has 3 heterocycles. The second-order valence-electron chi connectivity index (χ2n) is 8.02. The molecule has 0 amide bonds. The molecule has 6 rings (SSSR count). The van der Waals surface area contributed by atoms with Gasteiger partial charge in [0.05, 0.1) is 22.4 Å². The van der Waals surface area contributed by atoms with Gasteiger partial charge < -0.3 is 0 Å². The van der Waals surface area contributed by atoms with Crippen LogP contribution in [-0.2, 0) is 0 Å². The first-order chi connectivity index (χ1) is 16.3. The minimum Gasteiger partial charge on any atom is -0.292 e. The quantitative estimate of drug-likeness (QED) is 0.291. The van der Waals surface area contributed by atoms with Crippen LogP contribution < -0.4 is 0 Å². The smallest absolute Gasteiger partial charge is 0.146 e. The standard InChI is InChI=1S/C30H21N3/c1-3-23-24-17-16-22(20-12-14-21(15-13-20)26-9-7-8-18-31-26)19-25(24)30-32-27-10-5-6-11-29(27)33(30)28(23)4-2/h3-19H,1-2H2. The van der Waals surface area contributed by atoms with Gasteiger partial charge in [-0.15, -0.1) is 0 Å². The van der Waals surface area contributed by atoms with Crippen molar-refractivity contribution in [3.63, 3.8) is 0 Å². The average Bonchev–Trinajstić information content (AvgIpc) is 3.28. The lowest BCUT2D eigenvalue weighted by atomic mass is 9.97. The van der Waals surface area contributed by atoms with Crippen molar-refractivity contribution in [1.29, 1.82) is 0 Å². The number of fused-ring (bicyclic) bond motifs is 5. The topological polar surface area (TPSA) is 30.2 Å². The second-order valence-corrected chi connectivity index (χ2v) is 8.02. The van der Waals surface area contributed by atoms with Gasteiger partial charge in [0.1, 0.15) is 5.65 Å². The van der Waals surface area contributed by atoms with E-state index in [1.54, 1.807) is 0 Å². The third kappa shape index (κ3) is 2.98. The lowest BCUT2D eigenvalue weighted by Crippen LogP contribution is -1.97. The Balaban J connectivity index is 1.59. The zero-order valence-corrected chi connectivity index (χ0v) is 18.1. The number of para-hydroxylation sites is 2. The molecule has 0 aliphatic rings. The maximum absolute atomic E-state index is 4.99. The first-order valence-electron chi connectivity index (χ1n) is 10.9. The van der Waals surface area contributed by atoms with Gasteiger partial charge in [-0.3, -0.25) is 9.38 Å². The molecule has 3 heteroatoms. The summed E-state index contributed by atoms with van der Waals surface area (Å²) in [5.41, 5.74) is 9.41. The fourth-order valence-electron chi connectivity index (χ4n) is 4.64. The predicted molar refractivity (Wildman–Crippen MR) is 139 cm³/mol. The Hall–Kier alpha value is -4.50. The Morgan fingerprint density at radius 3 is 2.21 bits per heavy atom. The van der Waals surface area contributed by atoms with Crippen LogP contribution in [0.3, 0.4) is 0 Å². The molecular formula is C30H21N3. The van der Waals surface area contributed by atoms with E-state index in [4.69, 9.17) is 4.98 Å². The molecule has 0 unspecified atom stereocenters. The van der Waals surface area contributed by atoms with Crippen molar-refractivity contribution in [3.8, 4) is 22.4 Å². The van der Waals surface area contributed by atoms with Gasteiger partial charge >= 0.3 is 0 Å². The highest BCUT2D eigenvalue weighted by Crippen LogP contribution is 2.34. The molecule has 0 radical (unpaired) electrons. The summed E-state index contributed by atoms with van der Waals surface area (Å²) in [7, 11) is 0. The minimum absolute atomic E-state index is 0.929. The molecule has 0 spiro atoms. The van der Waals surface area contributed by atoms with Crippen LogP contribution in [0.15, 0.2) is 104 Å². The molecule has 0 atom stereocenters. The first-order valence-corrected chi connectivity index (χ1v) is 10.9. The maximum atomic E-state index is 4.99. The number of rotatable bonds is 4. The van der Waals surface area contributed by atoms with Crippen molar-refractivity contribution in [2.75, 3.05) is 0 Å². The Morgan fingerprint density at radius 1 is 0.697 bits per heavy atom. The van der Waals surface area contributed by atoms with Crippen LogP contribution in [0.1, 0.15) is 11.3 Å². The molecule has 33 heavy (non-hydrogen) atoms. The summed E-state index contributed by atoms with van der Waals surface area (Å²) in [4.78, 5) is 9.44. The second kappa shape index (κ2) is 7.57. The van der Waals surface area contributed by atoms with Crippen molar-refractivity contribution < 1.29 is 0 Å². The summed E-state index contributed by atoms with van der Waals surface area (Å²) >= 11 is 0. The van der Waals surface area contributed by atoms with Gasteiger partial charge in [0.2, 0.25) is 0 Å². The minimum atomic E-state index is 0.929. The van der Waals surface area contributed by atoms with Crippen LogP contribution in [0.25, 0.3) is 62.0 Å². The zero-order valence-electron chi connectivity index (χ0n) is 18.1. The van der Waals surface area contributed by atoms with Crippen LogP contribution >= 0.6 is 0 Å². The molecule has 0 saturated carbocycles. The number of imidazole rings is 1. The van der Waals surface area contributed by atoms with E-state index in [0.717, 1.165) is 61.1 Å². The van der Waals surface area contributed by atoms with E-state index in [9.17, 15) is 0 Å². The number of aromatic nitrogens is 3. The number of pyridine rings is 2. The molecule has 3 nitrogen and oxygen atoms in total. The Bertz CT molecular complexity index is 1670. The third-order valence-electron chi connectivity index (χ3n) is 6.20. The van der Waals surface area contributed by atoms with E-state index >= 15 is 0 Å². The highest BCUT2D eigenvalue weighted by molar-refractivity contribution is 6.05. The van der Waals surface area contributed by atoms with Gasteiger partial charge in [-0.2, -0.15) is 0 Å². The lowest BCUT2D eigenvalue weighted by molar-refractivity contribution is 1.21. The van der Waals surface area contributed by atoms with Crippen LogP contribution in [0, 0.1) is 0 Å². The van der Waals surface area contributed by atoms with Crippen molar-refractivity contribution in [3.05, 3.63) is 116 Å². The van der Waals surface area contributed by atoms with Crippen LogP contribution in [0.5, 0.6) is 0 Å². The molecule has 3 aromatic heterocycles. The largest absolute Gasteiger partial charge is 0.292 e. The Morgan fingerprint density at radius 2 is 1.45 bits per heavy atom. The van der Waals surface area contributed by atoms with Gasteiger partial charge in [-0.1, -0.05) is 73.8 Å². The number of hydrogen-bond donors (Lipinski definition) is 0. The van der Waals surface area contributed by atoms with Crippen molar-refractivity contribution in [2.45, 2.75) is 0 Å². The van der Waals surface area contributed by atoms with Crippen LogP contribution in [0.2, 0.25) is 0 Å². The predicted octanol–water partition coefficient (Wildman–Crippen LogP) is 7.66. The molecular weight excluding hydrogens is 402 g/mol. The normalized spacial score (nSPS) is 11.3. The summed E-state index contributed by atoms with van der Waals surface area (Å²) < 4.78 is 2.19. The van der Waals surface area contributed by atoms with Crippen molar-refractivity contribution in [2.24, 2.45) is 0 Å².